The fourth-order valence-electron chi connectivity index (χ4n) is 4.16. The van der Waals surface area contributed by atoms with Crippen LogP contribution in [0.4, 0.5) is 5.69 Å². The van der Waals surface area contributed by atoms with Gasteiger partial charge in [-0.2, -0.15) is 0 Å². The van der Waals surface area contributed by atoms with Crippen LogP contribution in [-0.4, -0.2) is 31.5 Å². The van der Waals surface area contributed by atoms with E-state index in [2.05, 4.69) is 21.2 Å². The normalized spacial score (nSPS) is 14.2. The molecule has 3 aromatic rings. The molecule has 6 heteroatoms. The van der Waals surface area contributed by atoms with Gasteiger partial charge < -0.3 is 15.0 Å². The van der Waals surface area contributed by atoms with Crippen LogP contribution in [0.15, 0.2) is 65.1 Å². The van der Waals surface area contributed by atoms with Gasteiger partial charge in [-0.05, 0) is 57.7 Å². The number of carbonyl (C=O) groups excluding carboxylic acids is 2. The van der Waals surface area contributed by atoms with Crippen LogP contribution in [0.5, 0.6) is 5.75 Å². The lowest BCUT2D eigenvalue weighted by Crippen LogP contribution is -2.38. The second-order valence-electron chi connectivity index (χ2n) is 8.17. The summed E-state index contributed by atoms with van der Waals surface area (Å²) in [6, 6.07) is 19.2. The fraction of sp³-hybridized carbons (Fsp3) is 0.308. The van der Waals surface area contributed by atoms with Gasteiger partial charge in [0.1, 0.15) is 5.75 Å². The summed E-state index contributed by atoms with van der Waals surface area (Å²) in [4.78, 5) is 27.3. The number of hydrogen-bond acceptors (Lipinski definition) is 3. The standard InChI is InChI=1S/C26H27BrN2O3/c1-29(22-14-8-7-13-21(22)26(31)28-19-10-3-2-4-11-19)24(30)17-32-23-16-15-18-9-5-6-12-20(18)25(23)27/h5-9,12-16,19H,2-4,10-11,17H2,1H3,(H,28,31). The Labute approximate surface area is 196 Å². The van der Waals surface area contributed by atoms with Gasteiger partial charge in [0.05, 0.1) is 15.7 Å². The molecule has 4 rings (SSSR count). The molecule has 0 saturated heterocycles. The van der Waals surface area contributed by atoms with Gasteiger partial charge in [0.2, 0.25) is 0 Å². The van der Waals surface area contributed by atoms with Crippen molar-refractivity contribution in [3.05, 3.63) is 70.7 Å². The minimum atomic E-state index is -0.233. The average molecular weight is 495 g/mol. The van der Waals surface area contributed by atoms with E-state index in [0.29, 0.717) is 17.0 Å². The molecule has 1 aliphatic rings. The molecule has 1 fully saturated rings. The Morgan fingerprint density at radius 1 is 1.00 bits per heavy atom. The Balaban J connectivity index is 1.45. The molecule has 166 valence electrons. The van der Waals surface area contributed by atoms with Crippen molar-refractivity contribution in [3.63, 3.8) is 0 Å². The first-order valence-corrected chi connectivity index (χ1v) is 11.8. The smallest absolute Gasteiger partial charge is 0.264 e. The van der Waals surface area contributed by atoms with Crippen LogP contribution in [0.1, 0.15) is 42.5 Å². The van der Waals surface area contributed by atoms with E-state index in [1.807, 2.05) is 48.5 Å². The summed E-state index contributed by atoms with van der Waals surface area (Å²) in [5.74, 6) is 0.238. The molecule has 0 unspecified atom stereocenters. The van der Waals surface area contributed by atoms with Crippen molar-refractivity contribution in [2.45, 2.75) is 38.1 Å². The van der Waals surface area contributed by atoms with Crippen LogP contribution in [0.3, 0.4) is 0 Å². The molecule has 0 aromatic heterocycles. The summed E-state index contributed by atoms with van der Waals surface area (Å²) in [5, 5.41) is 5.25. The lowest BCUT2D eigenvalue weighted by Gasteiger charge is -2.25. The molecule has 0 atom stereocenters. The molecule has 1 aliphatic carbocycles. The number of halogens is 1. The monoisotopic (exact) mass is 494 g/mol. The highest BCUT2D eigenvalue weighted by molar-refractivity contribution is 9.10. The quantitative estimate of drug-likeness (QED) is 0.477. The number of nitrogens with zero attached hydrogens (tertiary/aromatic N) is 1. The van der Waals surface area contributed by atoms with E-state index in [1.165, 1.54) is 11.3 Å². The zero-order valence-electron chi connectivity index (χ0n) is 18.1. The van der Waals surface area contributed by atoms with Crippen molar-refractivity contribution in [1.29, 1.82) is 0 Å². The first-order valence-electron chi connectivity index (χ1n) is 11.0. The Kier molecular flexibility index (Phi) is 7.10. The van der Waals surface area contributed by atoms with E-state index >= 15 is 0 Å². The number of benzene rings is 3. The largest absolute Gasteiger partial charge is 0.483 e. The topological polar surface area (TPSA) is 58.6 Å². The van der Waals surface area contributed by atoms with E-state index in [0.717, 1.165) is 40.9 Å². The van der Waals surface area contributed by atoms with E-state index in [-0.39, 0.29) is 24.5 Å². The van der Waals surface area contributed by atoms with Crippen molar-refractivity contribution < 1.29 is 14.3 Å². The molecule has 0 heterocycles. The molecule has 1 N–H and O–H groups in total. The summed E-state index contributed by atoms with van der Waals surface area (Å²) in [7, 11) is 1.67. The van der Waals surface area contributed by atoms with Gasteiger partial charge in [-0.3, -0.25) is 9.59 Å². The average Bonchev–Trinajstić information content (AvgIpc) is 2.83. The SMILES string of the molecule is CN(C(=O)COc1ccc2ccccc2c1Br)c1ccccc1C(=O)NC1CCCCC1. The number of hydrogen-bond donors (Lipinski definition) is 1. The number of para-hydroxylation sites is 1. The Hall–Kier alpha value is -2.86. The second-order valence-corrected chi connectivity index (χ2v) is 8.96. The van der Waals surface area contributed by atoms with Gasteiger partial charge in [-0.15, -0.1) is 0 Å². The first kappa shape index (κ1) is 22.3. The lowest BCUT2D eigenvalue weighted by molar-refractivity contribution is -0.120. The first-order chi connectivity index (χ1) is 15.5. The van der Waals surface area contributed by atoms with Gasteiger partial charge >= 0.3 is 0 Å². The molecule has 5 nitrogen and oxygen atoms in total. The maximum atomic E-state index is 12.9. The van der Waals surface area contributed by atoms with Crippen molar-refractivity contribution >= 4 is 44.2 Å². The van der Waals surface area contributed by atoms with Gasteiger partial charge in [0.25, 0.3) is 11.8 Å². The highest BCUT2D eigenvalue weighted by Crippen LogP contribution is 2.33. The third-order valence-corrected chi connectivity index (χ3v) is 6.82. The van der Waals surface area contributed by atoms with Crippen molar-refractivity contribution in [2.24, 2.45) is 0 Å². The molecule has 0 radical (unpaired) electrons. The van der Waals surface area contributed by atoms with Gasteiger partial charge in [0, 0.05) is 13.1 Å². The van der Waals surface area contributed by atoms with E-state index < -0.39 is 0 Å². The summed E-state index contributed by atoms with van der Waals surface area (Å²) in [6.07, 6.45) is 5.54. The Morgan fingerprint density at radius 2 is 1.72 bits per heavy atom. The van der Waals surface area contributed by atoms with E-state index in [1.54, 1.807) is 19.2 Å². The summed E-state index contributed by atoms with van der Waals surface area (Å²) >= 11 is 3.59. The number of ether oxygens (including phenoxy) is 1. The van der Waals surface area contributed by atoms with Gasteiger partial charge in [-0.1, -0.05) is 61.7 Å². The van der Waals surface area contributed by atoms with Crippen LogP contribution in [0, 0.1) is 0 Å². The third kappa shape index (κ3) is 4.96. The zero-order chi connectivity index (χ0) is 22.5. The maximum absolute atomic E-state index is 12.9. The number of likely N-dealkylation sites (N-methyl/N-ethyl adjacent to an activating group) is 1. The minimum absolute atomic E-state index is 0.133. The third-order valence-electron chi connectivity index (χ3n) is 6.00. The summed E-state index contributed by atoms with van der Waals surface area (Å²) in [6.45, 7) is -0.133. The van der Waals surface area contributed by atoms with Gasteiger partial charge in [0.15, 0.2) is 6.61 Å². The van der Waals surface area contributed by atoms with Crippen molar-refractivity contribution in [3.8, 4) is 5.75 Å². The Morgan fingerprint density at radius 3 is 2.53 bits per heavy atom. The predicted molar refractivity (Wildman–Crippen MR) is 131 cm³/mol. The van der Waals surface area contributed by atoms with Crippen molar-refractivity contribution in [2.75, 3.05) is 18.6 Å². The Bertz CT molecular complexity index is 1130. The molecular weight excluding hydrogens is 468 g/mol. The second kappa shape index (κ2) is 10.2. The number of amides is 2. The zero-order valence-corrected chi connectivity index (χ0v) is 19.7. The highest BCUT2D eigenvalue weighted by atomic mass is 79.9. The van der Waals surface area contributed by atoms with Crippen LogP contribution in [0.25, 0.3) is 10.8 Å². The minimum Gasteiger partial charge on any atom is -0.483 e. The number of fused-ring (bicyclic) bond motifs is 1. The molecule has 3 aromatic carbocycles. The van der Waals surface area contributed by atoms with E-state index in [9.17, 15) is 9.59 Å². The number of nitrogens with one attached hydrogen (secondary N) is 1. The molecular formula is C26H27BrN2O3. The molecule has 2 amide bonds. The molecule has 0 bridgehead atoms. The van der Waals surface area contributed by atoms with Crippen molar-refractivity contribution in [1.82, 2.24) is 5.32 Å². The number of carbonyl (C=O) groups is 2. The number of rotatable bonds is 6. The highest BCUT2D eigenvalue weighted by Gasteiger charge is 2.22. The van der Waals surface area contributed by atoms with E-state index in [4.69, 9.17) is 4.74 Å². The molecule has 32 heavy (non-hydrogen) atoms. The number of anilines is 1. The van der Waals surface area contributed by atoms with Gasteiger partial charge in [-0.25, -0.2) is 0 Å². The van der Waals surface area contributed by atoms with Crippen LogP contribution in [-0.2, 0) is 4.79 Å². The molecule has 1 saturated carbocycles. The summed E-state index contributed by atoms with van der Waals surface area (Å²) in [5.41, 5.74) is 1.08. The summed E-state index contributed by atoms with van der Waals surface area (Å²) < 4.78 is 6.65. The molecule has 0 spiro atoms. The lowest BCUT2D eigenvalue weighted by atomic mass is 9.95. The van der Waals surface area contributed by atoms with Crippen LogP contribution >= 0.6 is 15.9 Å². The van der Waals surface area contributed by atoms with Crippen LogP contribution < -0.4 is 15.0 Å². The fourth-order valence-corrected chi connectivity index (χ4v) is 4.77. The van der Waals surface area contributed by atoms with Crippen LogP contribution in [0.2, 0.25) is 0 Å². The molecule has 0 aliphatic heterocycles. The predicted octanol–water partition coefficient (Wildman–Crippen LogP) is 5.71. The maximum Gasteiger partial charge on any atom is 0.264 e.